The molecule has 1 aromatic carbocycles. The first-order valence-corrected chi connectivity index (χ1v) is 9.26. The molecule has 1 aromatic rings. The zero-order valence-electron chi connectivity index (χ0n) is 15.9. The molecular weight excluding hydrogens is 346 g/mol. The van der Waals surface area contributed by atoms with Crippen molar-refractivity contribution >= 4 is 11.8 Å². The minimum Gasteiger partial charge on any atom is -0.504 e. The molecule has 1 heterocycles. The van der Waals surface area contributed by atoms with Gasteiger partial charge in [-0.3, -0.25) is 4.79 Å². The highest BCUT2D eigenvalue weighted by atomic mass is 16.5. The SMILES string of the molecule is CCCOC(=O)C1=C(C)NC2=C(C(=O)CCC2)[C@@H]1c1ccc(O)c(OC)c1. The molecular formula is C21H25NO5. The first kappa shape index (κ1) is 19.0. The monoisotopic (exact) mass is 371 g/mol. The van der Waals surface area contributed by atoms with Crippen molar-refractivity contribution < 1.29 is 24.2 Å². The highest BCUT2D eigenvalue weighted by Gasteiger charge is 2.39. The van der Waals surface area contributed by atoms with Gasteiger partial charge in [0.1, 0.15) is 0 Å². The molecule has 1 aliphatic heterocycles. The van der Waals surface area contributed by atoms with Crippen molar-refractivity contribution in [1.82, 2.24) is 5.32 Å². The third-order valence-corrected chi connectivity index (χ3v) is 4.97. The Bertz CT molecular complexity index is 837. The Kier molecular flexibility index (Phi) is 5.54. The second-order valence-electron chi connectivity index (χ2n) is 6.83. The molecule has 0 saturated heterocycles. The van der Waals surface area contributed by atoms with Crippen molar-refractivity contribution in [3.05, 3.63) is 46.3 Å². The van der Waals surface area contributed by atoms with Gasteiger partial charge in [0.15, 0.2) is 17.3 Å². The van der Waals surface area contributed by atoms with Gasteiger partial charge in [-0.25, -0.2) is 4.79 Å². The quantitative estimate of drug-likeness (QED) is 0.773. The number of phenols is 1. The van der Waals surface area contributed by atoms with Crippen LogP contribution in [0, 0.1) is 0 Å². The molecule has 1 atom stereocenters. The number of phenolic OH excluding ortho intramolecular Hbond substituents is 1. The molecule has 0 bridgehead atoms. The molecule has 6 nitrogen and oxygen atoms in total. The molecule has 2 aliphatic rings. The van der Waals surface area contributed by atoms with Gasteiger partial charge in [0.2, 0.25) is 0 Å². The summed E-state index contributed by atoms with van der Waals surface area (Å²) in [7, 11) is 1.47. The fourth-order valence-corrected chi connectivity index (χ4v) is 3.73. The Labute approximate surface area is 158 Å². The number of carbonyl (C=O) groups is 2. The summed E-state index contributed by atoms with van der Waals surface area (Å²) in [5.74, 6) is -0.614. The third kappa shape index (κ3) is 3.56. The maximum absolute atomic E-state index is 12.8. The Morgan fingerprint density at radius 1 is 1.33 bits per heavy atom. The van der Waals surface area contributed by atoms with Gasteiger partial charge in [-0.15, -0.1) is 0 Å². The van der Waals surface area contributed by atoms with Gasteiger partial charge in [0.05, 0.1) is 19.3 Å². The van der Waals surface area contributed by atoms with E-state index in [-0.39, 0.29) is 11.5 Å². The van der Waals surface area contributed by atoms with Crippen LogP contribution in [0.4, 0.5) is 0 Å². The predicted octanol–water partition coefficient (Wildman–Crippen LogP) is 3.32. The fourth-order valence-electron chi connectivity index (χ4n) is 3.73. The maximum Gasteiger partial charge on any atom is 0.336 e. The molecule has 0 fully saturated rings. The van der Waals surface area contributed by atoms with E-state index in [0.29, 0.717) is 35.6 Å². The van der Waals surface area contributed by atoms with Crippen LogP contribution in [0.15, 0.2) is 40.7 Å². The van der Waals surface area contributed by atoms with Crippen LogP contribution in [-0.2, 0) is 14.3 Å². The van der Waals surface area contributed by atoms with Crippen LogP contribution in [0.5, 0.6) is 11.5 Å². The maximum atomic E-state index is 12.8. The van der Waals surface area contributed by atoms with E-state index in [2.05, 4.69) is 5.32 Å². The van der Waals surface area contributed by atoms with Crippen molar-refractivity contribution in [1.29, 1.82) is 0 Å². The fraction of sp³-hybridized carbons (Fsp3) is 0.429. The number of ketones is 1. The molecule has 2 N–H and O–H groups in total. The van der Waals surface area contributed by atoms with E-state index in [1.54, 1.807) is 12.1 Å². The topological polar surface area (TPSA) is 84.9 Å². The summed E-state index contributed by atoms with van der Waals surface area (Å²) in [6.45, 7) is 4.08. The van der Waals surface area contributed by atoms with Crippen molar-refractivity contribution in [2.75, 3.05) is 13.7 Å². The zero-order valence-corrected chi connectivity index (χ0v) is 15.9. The zero-order chi connectivity index (χ0) is 19.6. The molecule has 0 unspecified atom stereocenters. The van der Waals surface area contributed by atoms with Gasteiger partial charge in [0, 0.05) is 29.3 Å². The number of aromatic hydroxyl groups is 1. The largest absolute Gasteiger partial charge is 0.504 e. The number of nitrogens with one attached hydrogen (secondary N) is 1. The molecule has 1 aliphatic carbocycles. The molecule has 0 aromatic heterocycles. The molecule has 27 heavy (non-hydrogen) atoms. The van der Waals surface area contributed by atoms with E-state index < -0.39 is 11.9 Å². The van der Waals surface area contributed by atoms with Gasteiger partial charge in [-0.2, -0.15) is 0 Å². The number of allylic oxidation sites excluding steroid dienone is 3. The molecule has 3 rings (SSSR count). The van der Waals surface area contributed by atoms with Crippen LogP contribution in [0.1, 0.15) is 51.0 Å². The first-order valence-electron chi connectivity index (χ1n) is 9.26. The van der Waals surface area contributed by atoms with E-state index in [1.807, 2.05) is 13.8 Å². The van der Waals surface area contributed by atoms with E-state index >= 15 is 0 Å². The minimum atomic E-state index is -0.534. The van der Waals surface area contributed by atoms with E-state index in [4.69, 9.17) is 9.47 Å². The van der Waals surface area contributed by atoms with Gasteiger partial charge < -0.3 is 19.9 Å². The standard InChI is InChI=1S/C21H25NO5/c1-4-10-27-21(25)18-12(2)22-14-6-5-7-16(24)20(14)19(18)13-8-9-15(23)17(11-13)26-3/h8-9,11,19,22-23H,4-7,10H2,1-3H3/t19-/m1/s1. The van der Waals surface area contributed by atoms with Crippen molar-refractivity contribution in [2.45, 2.75) is 45.4 Å². The van der Waals surface area contributed by atoms with E-state index in [9.17, 15) is 14.7 Å². The predicted molar refractivity (Wildman–Crippen MR) is 100 cm³/mol. The van der Waals surface area contributed by atoms with Gasteiger partial charge >= 0.3 is 5.97 Å². The van der Waals surface area contributed by atoms with Crippen molar-refractivity contribution in [2.24, 2.45) is 0 Å². The number of Topliss-reactive ketones (excluding diaryl/α,β-unsaturated/α-hetero) is 1. The summed E-state index contributed by atoms with van der Waals surface area (Å²) >= 11 is 0. The van der Waals surface area contributed by atoms with Gasteiger partial charge in [-0.1, -0.05) is 13.0 Å². The summed E-state index contributed by atoms with van der Waals surface area (Å²) < 4.78 is 10.6. The summed E-state index contributed by atoms with van der Waals surface area (Å²) in [6, 6.07) is 4.92. The van der Waals surface area contributed by atoms with Gasteiger partial charge in [-0.05, 0) is 43.9 Å². The van der Waals surface area contributed by atoms with Crippen molar-refractivity contribution in [3.8, 4) is 11.5 Å². The summed E-state index contributed by atoms with van der Waals surface area (Å²) in [5.41, 5.74) is 3.33. The van der Waals surface area contributed by atoms with Crippen LogP contribution >= 0.6 is 0 Å². The van der Waals surface area contributed by atoms with E-state index in [0.717, 1.165) is 30.5 Å². The smallest absolute Gasteiger partial charge is 0.336 e. The number of carbonyl (C=O) groups excluding carboxylic acids is 2. The second-order valence-corrected chi connectivity index (χ2v) is 6.83. The van der Waals surface area contributed by atoms with E-state index in [1.165, 1.54) is 13.2 Å². The molecule has 0 amide bonds. The molecule has 0 radical (unpaired) electrons. The first-order chi connectivity index (χ1) is 13.0. The normalized spacial score (nSPS) is 19.5. The summed E-state index contributed by atoms with van der Waals surface area (Å²) in [5, 5.41) is 13.2. The number of ether oxygens (including phenoxy) is 2. The summed E-state index contributed by atoms with van der Waals surface area (Å²) in [6.07, 6.45) is 2.74. The molecule has 144 valence electrons. The number of hydrogen-bond donors (Lipinski definition) is 2. The highest BCUT2D eigenvalue weighted by Crippen LogP contribution is 2.44. The lowest BCUT2D eigenvalue weighted by Crippen LogP contribution is -2.34. The van der Waals surface area contributed by atoms with Crippen LogP contribution < -0.4 is 10.1 Å². The van der Waals surface area contributed by atoms with Crippen LogP contribution in [0.3, 0.4) is 0 Å². The lowest BCUT2D eigenvalue weighted by Gasteiger charge is -2.34. The van der Waals surface area contributed by atoms with Crippen LogP contribution in [-0.4, -0.2) is 30.6 Å². The third-order valence-electron chi connectivity index (χ3n) is 4.97. The van der Waals surface area contributed by atoms with Crippen LogP contribution in [0.2, 0.25) is 0 Å². The number of dihydropyridines is 1. The molecule has 0 saturated carbocycles. The van der Waals surface area contributed by atoms with Crippen molar-refractivity contribution in [3.63, 3.8) is 0 Å². The molecule has 0 spiro atoms. The lowest BCUT2D eigenvalue weighted by atomic mass is 9.75. The van der Waals surface area contributed by atoms with Crippen LogP contribution in [0.25, 0.3) is 0 Å². The number of methoxy groups -OCH3 is 1. The Morgan fingerprint density at radius 3 is 2.81 bits per heavy atom. The molecule has 6 heteroatoms. The average Bonchev–Trinajstić information content (AvgIpc) is 2.65. The Hall–Kier alpha value is -2.76. The average molecular weight is 371 g/mol. The number of esters is 1. The second kappa shape index (κ2) is 7.86. The Balaban J connectivity index is 2.14. The number of rotatable bonds is 5. The Morgan fingerprint density at radius 2 is 2.11 bits per heavy atom. The lowest BCUT2D eigenvalue weighted by molar-refractivity contribution is -0.139. The highest BCUT2D eigenvalue weighted by molar-refractivity contribution is 6.03. The summed E-state index contributed by atoms with van der Waals surface area (Å²) in [4.78, 5) is 25.6. The van der Waals surface area contributed by atoms with Gasteiger partial charge in [0.25, 0.3) is 0 Å². The minimum absolute atomic E-state index is 0.00942. The number of benzene rings is 1. The number of hydrogen-bond acceptors (Lipinski definition) is 6.